The van der Waals surface area contributed by atoms with E-state index < -0.39 is 5.41 Å². The van der Waals surface area contributed by atoms with Gasteiger partial charge in [0.2, 0.25) is 5.95 Å². The van der Waals surface area contributed by atoms with E-state index in [2.05, 4.69) is 45.5 Å². The van der Waals surface area contributed by atoms with Gasteiger partial charge >= 0.3 is 0 Å². The van der Waals surface area contributed by atoms with Crippen molar-refractivity contribution in [3.05, 3.63) is 47.4 Å². The molecule has 0 fully saturated rings. The minimum Gasteiger partial charge on any atom is -0.395 e. The summed E-state index contributed by atoms with van der Waals surface area (Å²) in [6.07, 6.45) is 3.54. The van der Waals surface area contributed by atoms with Crippen LogP contribution in [0.1, 0.15) is 37.6 Å². The molecular formula is C24H28N8O. The van der Waals surface area contributed by atoms with Crippen LogP contribution in [0.3, 0.4) is 0 Å². The van der Waals surface area contributed by atoms with Gasteiger partial charge in [0, 0.05) is 42.9 Å². The van der Waals surface area contributed by atoms with E-state index in [1.165, 1.54) is 0 Å². The van der Waals surface area contributed by atoms with Gasteiger partial charge in [0.15, 0.2) is 0 Å². The smallest absolute Gasteiger partial charge is 0.227 e. The van der Waals surface area contributed by atoms with Crippen LogP contribution in [-0.2, 0) is 18.5 Å². The lowest BCUT2D eigenvalue weighted by Crippen LogP contribution is -2.38. The Balaban J connectivity index is 1.47. The lowest BCUT2D eigenvalue weighted by molar-refractivity contribution is 0.171. The van der Waals surface area contributed by atoms with E-state index in [1.807, 2.05) is 36.0 Å². The number of aliphatic hydroxyl groups excluding tert-OH is 1. The van der Waals surface area contributed by atoms with Gasteiger partial charge in [-0.15, -0.1) is 0 Å². The lowest BCUT2D eigenvalue weighted by atomic mass is 9.83. The zero-order valence-electron chi connectivity index (χ0n) is 19.1. The van der Waals surface area contributed by atoms with Crippen LogP contribution in [0.25, 0.3) is 11.3 Å². The summed E-state index contributed by atoms with van der Waals surface area (Å²) in [4.78, 5) is 11.6. The van der Waals surface area contributed by atoms with Crippen LogP contribution in [0.5, 0.6) is 0 Å². The summed E-state index contributed by atoms with van der Waals surface area (Å²) >= 11 is 0. The highest BCUT2D eigenvalue weighted by Gasteiger charge is 2.36. The van der Waals surface area contributed by atoms with Gasteiger partial charge in [-0.25, -0.2) is 9.97 Å². The highest BCUT2D eigenvalue weighted by molar-refractivity contribution is 5.76. The Kier molecular flexibility index (Phi) is 5.27. The van der Waals surface area contributed by atoms with Crippen molar-refractivity contribution in [1.82, 2.24) is 24.6 Å². The van der Waals surface area contributed by atoms with Crippen LogP contribution < -0.4 is 10.6 Å². The molecule has 0 aliphatic carbocycles. The molecule has 9 heteroatoms. The minimum atomic E-state index is -0.440. The molecule has 1 atom stereocenters. The van der Waals surface area contributed by atoms with Gasteiger partial charge in [-0.2, -0.15) is 10.4 Å². The third-order valence-corrected chi connectivity index (χ3v) is 6.74. The number of hydrogen-bond acceptors (Lipinski definition) is 8. The van der Waals surface area contributed by atoms with Crippen molar-refractivity contribution in [3.8, 4) is 17.3 Å². The summed E-state index contributed by atoms with van der Waals surface area (Å²) in [6, 6.07) is 8.43. The van der Waals surface area contributed by atoms with Gasteiger partial charge in [0.05, 0.1) is 47.7 Å². The molecule has 2 aromatic heterocycles. The number of anilines is 3. The van der Waals surface area contributed by atoms with Crippen LogP contribution in [-0.4, -0.2) is 55.5 Å². The van der Waals surface area contributed by atoms with Crippen molar-refractivity contribution in [1.29, 1.82) is 5.26 Å². The normalized spacial score (nSPS) is 19.6. The van der Waals surface area contributed by atoms with Gasteiger partial charge in [-0.05, 0) is 37.6 Å². The predicted octanol–water partition coefficient (Wildman–Crippen LogP) is 2.85. The van der Waals surface area contributed by atoms with E-state index in [0.717, 1.165) is 47.8 Å². The van der Waals surface area contributed by atoms with Crippen molar-refractivity contribution in [2.45, 2.75) is 45.3 Å². The quantitative estimate of drug-likeness (QED) is 0.550. The van der Waals surface area contributed by atoms with Crippen LogP contribution in [0.2, 0.25) is 0 Å². The Morgan fingerprint density at radius 2 is 2.18 bits per heavy atom. The number of hydrogen-bond donors (Lipinski definition) is 3. The van der Waals surface area contributed by atoms with Gasteiger partial charge < -0.3 is 15.7 Å². The summed E-state index contributed by atoms with van der Waals surface area (Å²) in [5.74, 6) is 0.479. The SMILES string of the molecule is CC(C)N1CCn2ncc(Nc3nccc(-c4cc(C#N)c5c(c4)C(C)(CO)CN5)n3)c2C1. The molecular weight excluding hydrogens is 416 g/mol. The van der Waals surface area contributed by atoms with Crippen LogP contribution >= 0.6 is 0 Å². The standard InChI is InChI=1S/C24H28N8O/c1-15(2)31-6-7-32-21(12-31)20(11-28-32)30-23-26-5-4-19(29-23)16-8-17(10-25)22-18(9-16)24(3,14-33)13-27-22/h4-5,8-9,11,15,27,33H,6-7,12-14H2,1-3H3,(H,26,29,30). The maximum atomic E-state index is 9.96. The molecule has 9 nitrogen and oxygen atoms in total. The largest absolute Gasteiger partial charge is 0.395 e. The minimum absolute atomic E-state index is 0.00192. The second-order valence-electron chi connectivity index (χ2n) is 9.31. The molecule has 1 unspecified atom stereocenters. The molecule has 3 N–H and O–H groups in total. The second-order valence-corrected chi connectivity index (χ2v) is 9.31. The fourth-order valence-electron chi connectivity index (χ4n) is 4.57. The van der Waals surface area contributed by atoms with E-state index >= 15 is 0 Å². The number of rotatable bonds is 5. The number of nitrogens with zero attached hydrogens (tertiary/aromatic N) is 6. The summed E-state index contributed by atoms with van der Waals surface area (Å²) in [7, 11) is 0. The number of aromatic nitrogens is 4. The summed E-state index contributed by atoms with van der Waals surface area (Å²) < 4.78 is 2.04. The predicted molar refractivity (Wildman–Crippen MR) is 126 cm³/mol. The first-order chi connectivity index (χ1) is 15.9. The van der Waals surface area contributed by atoms with E-state index in [4.69, 9.17) is 4.98 Å². The Morgan fingerprint density at radius 3 is 2.94 bits per heavy atom. The van der Waals surface area contributed by atoms with Crippen molar-refractivity contribution in [2.75, 3.05) is 30.3 Å². The fourth-order valence-corrected chi connectivity index (χ4v) is 4.57. The Labute approximate surface area is 193 Å². The lowest BCUT2D eigenvalue weighted by Gasteiger charge is -2.31. The monoisotopic (exact) mass is 444 g/mol. The highest BCUT2D eigenvalue weighted by atomic mass is 16.3. The average molecular weight is 445 g/mol. The number of fused-ring (bicyclic) bond motifs is 2. The van der Waals surface area contributed by atoms with Gasteiger partial charge in [0.1, 0.15) is 6.07 Å². The topological polar surface area (TPSA) is 115 Å². The van der Waals surface area contributed by atoms with Gasteiger partial charge in [-0.1, -0.05) is 6.92 Å². The molecule has 1 aromatic carbocycles. The summed E-state index contributed by atoms with van der Waals surface area (Å²) in [6.45, 7) is 9.66. The molecule has 33 heavy (non-hydrogen) atoms. The molecule has 2 aliphatic rings. The van der Waals surface area contributed by atoms with Crippen molar-refractivity contribution >= 4 is 17.3 Å². The summed E-state index contributed by atoms with van der Waals surface area (Å²) in [5, 5.41) is 30.8. The van der Waals surface area contributed by atoms with Crippen molar-refractivity contribution in [3.63, 3.8) is 0 Å². The third-order valence-electron chi connectivity index (χ3n) is 6.74. The highest BCUT2D eigenvalue weighted by Crippen LogP contribution is 2.41. The van der Waals surface area contributed by atoms with Crippen LogP contribution in [0.4, 0.5) is 17.3 Å². The first kappa shape index (κ1) is 21.4. The zero-order chi connectivity index (χ0) is 23.2. The Morgan fingerprint density at radius 1 is 1.33 bits per heavy atom. The van der Waals surface area contributed by atoms with Crippen LogP contribution in [0.15, 0.2) is 30.6 Å². The first-order valence-electron chi connectivity index (χ1n) is 11.2. The molecule has 170 valence electrons. The third kappa shape index (κ3) is 3.71. The Hall–Kier alpha value is -3.48. The molecule has 0 spiro atoms. The number of aliphatic hydroxyl groups is 1. The molecule has 0 bridgehead atoms. The van der Waals surface area contributed by atoms with Gasteiger partial charge in [-0.3, -0.25) is 9.58 Å². The molecule has 5 rings (SSSR count). The Bertz CT molecular complexity index is 1240. The maximum Gasteiger partial charge on any atom is 0.227 e. The first-order valence-corrected chi connectivity index (χ1v) is 11.2. The van der Waals surface area contributed by atoms with E-state index in [-0.39, 0.29) is 6.61 Å². The summed E-state index contributed by atoms with van der Waals surface area (Å²) in [5.41, 5.74) is 5.40. The molecule has 3 aromatic rings. The van der Waals surface area contributed by atoms with E-state index in [1.54, 1.807) is 6.20 Å². The molecule has 4 heterocycles. The molecule has 0 saturated heterocycles. The molecule has 0 amide bonds. The molecule has 2 aliphatic heterocycles. The molecule has 0 radical (unpaired) electrons. The van der Waals surface area contributed by atoms with E-state index in [9.17, 15) is 10.4 Å². The number of nitrogens with one attached hydrogen (secondary N) is 2. The zero-order valence-corrected chi connectivity index (χ0v) is 19.1. The fraction of sp³-hybridized carbons (Fsp3) is 0.417. The second kappa shape index (κ2) is 8.14. The number of benzene rings is 1. The van der Waals surface area contributed by atoms with Crippen LogP contribution in [0, 0.1) is 11.3 Å². The van der Waals surface area contributed by atoms with Crippen molar-refractivity contribution in [2.24, 2.45) is 0 Å². The average Bonchev–Trinajstić information content (AvgIpc) is 3.39. The van der Waals surface area contributed by atoms with Gasteiger partial charge in [0.25, 0.3) is 0 Å². The maximum absolute atomic E-state index is 9.96. The van der Waals surface area contributed by atoms with Crippen molar-refractivity contribution < 1.29 is 5.11 Å². The molecule has 0 saturated carbocycles. The number of nitriles is 1. The van der Waals surface area contributed by atoms with E-state index in [0.29, 0.717) is 29.8 Å².